The van der Waals surface area contributed by atoms with E-state index in [4.69, 9.17) is 0 Å². The molecule has 26 heavy (non-hydrogen) atoms. The summed E-state index contributed by atoms with van der Waals surface area (Å²) >= 11 is 1.67. The molecule has 1 aromatic heterocycles. The van der Waals surface area contributed by atoms with E-state index >= 15 is 0 Å². The molecule has 4 rings (SSSR count). The molecule has 5 heteroatoms. The molecule has 3 aromatic rings. The van der Waals surface area contributed by atoms with Crippen LogP contribution in [0.5, 0.6) is 0 Å². The molecule has 0 spiro atoms. The number of thioether (sulfide) groups is 1. The minimum absolute atomic E-state index is 0.0165. The number of carbonyl (C=O) groups excluding carboxylic acids is 1. The number of aromatic nitrogens is 1. The Morgan fingerprint density at radius 1 is 1.00 bits per heavy atom. The van der Waals surface area contributed by atoms with Gasteiger partial charge in [0, 0.05) is 28.7 Å². The largest absolute Gasteiger partial charge is 0.356 e. The Kier molecular flexibility index (Phi) is 4.63. The highest BCUT2D eigenvalue weighted by atomic mass is 32.2. The zero-order chi connectivity index (χ0) is 17.9. The lowest BCUT2D eigenvalue weighted by Gasteiger charge is -2.23. The van der Waals surface area contributed by atoms with E-state index in [0.29, 0.717) is 5.75 Å². The molecule has 0 radical (unpaired) electrons. The standard InChI is InChI=1S/C21H20N3OS/c1-23-13-5-6-16(14-23)21-24(20(25)15-26-21)19-11-9-18(10-12-19)22-17-7-3-2-4-8-17/h2-14,21-22H,15H2,1H3/q+1. The van der Waals surface area contributed by atoms with E-state index in [9.17, 15) is 4.79 Å². The molecular weight excluding hydrogens is 342 g/mol. The summed E-state index contributed by atoms with van der Waals surface area (Å²) in [5.74, 6) is 0.656. The third kappa shape index (κ3) is 3.44. The van der Waals surface area contributed by atoms with Crippen molar-refractivity contribution in [2.75, 3.05) is 16.0 Å². The summed E-state index contributed by atoms with van der Waals surface area (Å²) in [6, 6.07) is 22.2. The maximum atomic E-state index is 12.5. The zero-order valence-electron chi connectivity index (χ0n) is 14.5. The molecule has 0 bridgehead atoms. The van der Waals surface area contributed by atoms with E-state index in [1.54, 1.807) is 11.8 Å². The summed E-state index contributed by atoms with van der Waals surface area (Å²) in [6.07, 6.45) is 4.08. The Hall–Kier alpha value is -2.79. The van der Waals surface area contributed by atoms with Crippen LogP contribution in [-0.2, 0) is 11.8 Å². The third-order valence-electron chi connectivity index (χ3n) is 4.32. The fraction of sp³-hybridized carbons (Fsp3) is 0.143. The van der Waals surface area contributed by atoms with Crippen molar-refractivity contribution in [1.29, 1.82) is 0 Å². The lowest BCUT2D eigenvalue weighted by atomic mass is 10.2. The molecule has 1 aliphatic rings. The van der Waals surface area contributed by atoms with Crippen LogP contribution in [0.3, 0.4) is 0 Å². The Morgan fingerprint density at radius 2 is 1.73 bits per heavy atom. The Morgan fingerprint density at radius 3 is 2.46 bits per heavy atom. The summed E-state index contributed by atoms with van der Waals surface area (Å²) in [4.78, 5) is 14.4. The fourth-order valence-electron chi connectivity index (χ4n) is 3.10. The van der Waals surface area contributed by atoms with Crippen LogP contribution in [0, 0.1) is 0 Å². The Balaban J connectivity index is 1.58. The number of nitrogens with zero attached hydrogens (tertiary/aromatic N) is 2. The lowest BCUT2D eigenvalue weighted by Crippen LogP contribution is -2.31. The van der Waals surface area contributed by atoms with Crippen LogP contribution in [0.4, 0.5) is 17.1 Å². The quantitative estimate of drug-likeness (QED) is 0.712. The van der Waals surface area contributed by atoms with Gasteiger partial charge >= 0.3 is 0 Å². The highest BCUT2D eigenvalue weighted by Crippen LogP contribution is 2.41. The van der Waals surface area contributed by atoms with Crippen molar-refractivity contribution >= 4 is 34.7 Å². The second-order valence-electron chi connectivity index (χ2n) is 6.27. The number of benzene rings is 2. The van der Waals surface area contributed by atoms with Crippen molar-refractivity contribution < 1.29 is 9.36 Å². The monoisotopic (exact) mass is 362 g/mol. The first-order valence-corrected chi connectivity index (χ1v) is 9.56. The number of nitrogens with one attached hydrogen (secondary N) is 1. The van der Waals surface area contributed by atoms with Gasteiger partial charge in [0.1, 0.15) is 12.4 Å². The van der Waals surface area contributed by atoms with Gasteiger partial charge in [-0.1, -0.05) is 18.2 Å². The second-order valence-corrected chi connectivity index (χ2v) is 7.34. The average molecular weight is 362 g/mol. The van der Waals surface area contributed by atoms with Crippen LogP contribution in [-0.4, -0.2) is 11.7 Å². The van der Waals surface area contributed by atoms with Crippen LogP contribution in [0.1, 0.15) is 10.9 Å². The van der Waals surface area contributed by atoms with Gasteiger partial charge in [-0.15, -0.1) is 11.8 Å². The van der Waals surface area contributed by atoms with Gasteiger partial charge in [-0.2, -0.15) is 0 Å². The van der Waals surface area contributed by atoms with Crippen LogP contribution >= 0.6 is 11.8 Å². The molecule has 1 saturated heterocycles. The molecule has 1 unspecified atom stereocenters. The smallest absolute Gasteiger partial charge is 0.238 e. The van der Waals surface area contributed by atoms with Crippen LogP contribution in [0.25, 0.3) is 0 Å². The highest BCUT2D eigenvalue weighted by molar-refractivity contribution is 8.00. The van der Waals surface area contributed by atoms with Gasteiger partial charge < -0.3 is 5.32 Å². The lowest BCUT2D eigenvalue weighted by molar-refractivity contribution is -0.671. The van der Waals surface area contributed by atoms with Crippen molar-refractivity contribution in [1.82, 2.24) is 0 Å². The molecular formula is C21H20N3OS+. The molecule has 1 amide bonds. The number of rotatable bonds is 4. The third-order valence-corrected chi connectivity index (χ3v) is 5.54. The van der Waals surface area contributed by atoms with E-state index < -0.39 is 0 Å². The van der Waals surface area contributed by atoms with Gasteiger partial charge in [0.15, 0.2) is 12.4 Å². The summed E-state index contributed by atoms with van der Waals surface area (Å²) in [5, 5.41) is 3.39. The summed E-state index contributed by atoms with van der Waals surface area (Å²) < 4.78 is 2.02. The van der Waals surface area contributed by atoms with Gasteiger partial charge in [0.2, 0.25) is 5.91 Å². The number of anilines is 3. The number of para-hydroxylation sites is 1. The van der Waals surface area contributed by atoms with Gasteiger partial charge in [0.25, 0.3) is 0 Å². The molecule has 2 aromatic carbocycles. The molecule has 2 heterocycles. The molecule has 1 aliphatic heterocycles. The first-order valence-electron chi connectivity index (χ1n) is 8.52. The number of carbonyl (C=O) groups is 1. The first-order chi connectivity index (χ1) is 12.7. The SMILES string of the molecule is C[n+]1cccc(C2SCC(=O)N2c2ccc(Nc3ccccc3)cc2)c1. The van der Waals surface area contributed by atoms with Crippen LogP contribution < -0.4 is 14.8 Å². The van der Waals surface area contributed by atoms with Crippen LogP contribution in [0.15, 0.2) is 79.1 Å². The molecule has 0 saturated carbocycles. The molecule has 0 aliphatic carbocycles. The molecule has 1 fully saturated rings. The van der Waals surface area contributed by atoms with E-state index in [-0.39, 0.29) is 11.3 Å². The molecule has 130 valence electrons. The van der Waals surface area contributed by atoms with Gasteiger partial charge in [-0.3, -0.25) is 9.69 Å². The zero-order valence-corrected chi connectivity index (χ0v) is 15.3. The van der Waals surface area contributed by atoms with Gasteiger partial charge in [-0.25, -0.2) is 4.57 Å². The first kappa shape index (κ1) is 16.7. The minimum atomic E-state index is 0.0165. The van der Waals surface area contributed by atoms with Crippen molar-refractivity contribution in [3.05, 3.63) is 84.7 Å². The van der Waals surface area contributed by atoms with Gasteiger partial charge in [0.05, 0.1) is 5.75 Å². The number of hydrogen-bond donors (Lipinski definition) is 1. The van der Waals surface area contributed by atoms with Crippen molar-refractivity contribution in [2.45, 2.75) is 5.37 Å². The summed E-state index contributed by atoms with van der Waals surface area (Å²) in [5.41, 5.74) is 4.11. The van der Waals surface area contributed by atoms with Crippen molar-refractivity contribution in [3.8, 4) is 0 Å². The number of amides is 1. The Bertz CT molecular complexity index is 912. The highest BCUT2D eigenvalue weighted by Gasteiger charge is 2.35. The molecule has 4 nitrogen and oxygen atoms in total. The second kappa shape index (κ2) is 7.22. The Labute approximate surface area is 157 Å². The van der Waals surface area contributed by atoms with Crippen molar-refractivity contribution in [3.63, 3.8) is 0 Å². The fourth-order valence-corrected chi connectivity index (χ4v) is 4.26. The molecule has 1 atom stereocenters. The summed E-state index contributed by atoms with van der Waals surface area (Å²) in [6.45, 7) is 0. The predicted molar refractivity (Wildman–Crippen MR) is 106 cm³/mol. The summed E-state index contributed by atoms with van der Waals surface area (Å²) in [7, 11) is 2.00. The van der Waals surface area contributed by atoms with E-state index in [0.717, 1.165) is 22.6 Å². The van der Waals surface area contributed by atoms with E-state index in [2.05, 4.69) is 17.6 Å². The number of pyridine rings is 1. The number of hydrogen-bond acceptors (Lipinski definition) is 3. The maximum Gasteiger partial charge on any atom is 0.238 e. The predicted octanol–water partition coefficient (Wildman–Crippen LogP) is 4.03. The normalized spacial score (nSPS) is 16.7. The molecule has 1 N–H and O–H groups in total. The van der Waals surface area contributed by atoms with Gasteiger partial charge in [-0.05, 0) is 42.5 Å². The van der Waals surface area contributed by atoms with E-state index in [1.807, 2.05) is 83.4 Å². The van der Waals surface area contributed by atoms with Crippen LogP contribution in [0.2, 0.25) is 0 Å². The maximum absolute atomic E-state index is 12.5. The average Bonchev–Trinajstić information content (AvgIpc) is 3.05. The number of aryl methyl sites for hydroxylation is 1. The topological polar surface area (TPSA) is 36.2 Å². The van der Waals surface area contributed by atoms with Crippen molar-refractivity contribution in [2.24, 2.45) is 7.05 Å². The minimum Gasteiger partial charge on any atom is -0.356 e. The van der Waals surface area contributed by atoms with E-state index in [1.165, 1.54) is 0 Å².